The van der Waals surface area contributed by atoms with Crippen LogP contribution in [0, 0.1) is 6.92 Å². The van der Waals surface area contributed by atoms with Gasteiger partial charge in [0.1, 0.15) is 10.4 Å². The summed E-state index contributed by atoms with van der Waals surface area (Å²) in [4.78, 5) is 26.4. The summed E-state index contributed by atoms with van der Waals surface area (Å²) in [6.45, 7) is 2.21. The molecule has 1 aromatic heterocycles. The van der Waals surface area contributed by atoms with Crippen molar-refractivity contribution in [2.24, 2.45) is 0 Å². The molecule has 2 atom stereocenters. The van der Waals surface area contributed by atoms with Crippen molar-refractivity contribution in [3.05, 3.63) is 11.8 Å². The van der Waals surface area contributed by atoms with Crippen LogP contribution in [0.15, 0.2) is 10.6 Å². The molecule has 1 aliphatic carbocycles. The Morgan fingerprint density at radius 1 is 1.50 bits per heavy atom. The van der Waals surface area contributed by atoms with E-state index in [2.05, 4.69) is 5.16 Å². The molecule has 2 fully saturated rings. The van der Waals surface area contributed by atoms with Gasteiger partial charge in [0.05, 0.1) is 5.69 Å². The first-order valence-electron chi connectivity index (χ1n) is 6.76. The van der Waals surface area contributed by atoms with E-state index < -0.39 is 21.2 Å². The maximum atomic E-state index is 12.5. The van der Waals surface area contributed by atoms with Crippen molar-refractivity contribution in [3.8, 4) is 0 Å². The maximum absolute atomic E-state index is 12.5. The fourth-order valence-electron chi connectivity index (χ4n) is 2.64. The molecule has 0 N–H and O–H groups in total. The molecule has 3 rings (SSSR count). The molecule has 22 heavy (non-hydrogen) atoms. The van der Waals surface area contributed by atoms with Crippen LogP contribution >= 0.6 is 34.8 Å². The molecule has 0 bridgehead atoms. The first kappa shape index (κ1) is 15.9. The summed E-state index contributed by atoms with van der Waals surface area (Å²) >= 11 is 18.0. The SMILES string of the molecule is Cc1cc(N2CCC(N(C)C(=O)C3(Cl)CC3(Cl)Cl)C2=O)on1. The van der Waals surface area contributed by atoms with Crippen LogP contribution in [0.4, 0.5) is 5.88 Å². The molecule has 2 heterocycles. The summed E-state index contributed by atoms with van der Waals surface area (Å²) in [6, 6.07) is 1.06. The van der Waals surface area contributed by atoms with E-state index in [4.69, 9.17) is 39.3 Å². The van der Waals surface area contributed by atoms with Crippen LogP contribution in [0.3, 0.4) is 0 Å². The van der Waals surface area contributed by atoms with Crippen LogP contribution in [0.2, 0.25) is 0 Å². The van der Waals surface area contributed by atoms with E-state index in [-0.39, 0.29) is 12.3 Å². The summed E-state index contributed by atoms with van der Waals surface area (Å²) in [7, 11) is 1.53. The van der Waals surface area contributed by atoms with Crippen molar-refractivity contribution in [2.45, 2.75) is 35.0 Å². The lowest BCUT2D eigenvalue weighted by molar-refractivity contribution is -0.137. The number of amides is 2. The lowest BCUT2D eigenvalue weighted by Crippen LogP contribution is -2.47. The fourth-order valence-corrected chi connectivity index (χ4v) is 3.67. The zero-order valence-corrected chi connectivity index (χ0v) is 14.2. The fraction of sp³-hybridized carbons (Fsp3) is 0.615. The summed E-state index contributed by atoms with van der Waals surface area (Å²) in [6.07, 6.45) is 0.644. The van der Waals surface area contributed by atoms with E-state index in [0.717, 1.165) is 0 Å². The van der Waals surface area contributed by atoms with Gasteiger partial charge in [0, 0.05) is 26.1 Å². The number of halogens is 3. The quantitative estimate of drug-likeness (QED) is 0.768. The standard InChI is InChI=1S/C13H14Cl3N3O3/c1-7-5-9(22-17-7)19-4-3-8(10(19)20)18(2)11(21)12(14)6-13(12,15)16/h5,8H,3-4,6H2,1-2H3. The minimum absolute atomic E-state index is 0.166. The summed E-state index contributed by atoms with van der Waals surface area (Å²) < 4.78 is 3.83. The highest BCUT2D eigenvalue weighted by Crippen LogP contribution is 2.62. The third kappa shape index (κ3) is 2.28. The number of nitrogens with zero attached hydrogens (tertiary/aromatic N) is 3. The van der Waals surface area contributed by atoms with Gasteiger partial charge in [-0.1, -0.05) is 28.4 Å². The minimum atomic E-state index is -1.35. The molecule has 2 unspecified atom stereocenters. The maximum Gasteiger partial charge on any atom is 0.252 e. The number of rotatable bonds is 3. The third-order valence-corrected chi connectivity index (χ3v) is 5.83. The molecular formula is C13H14Cl3N3O3. The summed E-state index contributed by atoms with van der Waals surface area (Å²) in [5.74, 6) is -0.294. The van der Waals surface area contributed by atoms with Crippen LogP contribution in [0.5, 0.6) is 0 Å². The predicted molar refractivity (Wildman–Crippen MR) is 82.4 cm³/mol. The van der Waals surface area contributed by atoms with E-state index in [1.54, 1.807) is 13.0 Å². The largest absolute Gasteiger partial charge is 0.338 e. The topological polar surface area (TPSA) is 66.7 Å². The molecule has 2 aliphatic rings. The number of carbonyl (C=O) groups is 2. The van der Waals surface area contributed by atoms with Gasteiger partial charge >= 0.3 is 0 Å². The van der Waals surface area contributed by atoms with E-state index in [1.807, 2.05) is 0 Å². The van der Waals surface area contributed by atoms with Gasteiger partial charge in [-0.3, -0.25) is 14.5 Å². The second kappa shape index (κ2) is 5.01. The molecule has 120 valence electrons. The Balaban J connectivity index is 1.74. The molecule has 6 nitrogen and oxygen atoms in total. The number of hydrogen-bond donors (Lipinski definition) is 0. The second-order valence-electron chi connectivity index (χ2n) is 5.70. The van der Waals surface area contributed by atoms with Gasteiger partial charge in [0.15, 0.2) is 4.87 Å². The van der Waals surface area contributed by atoms with Gasteiger partial charge in [-0.15, -0.1) is 11.6 Å². The number of carbonyl (C=O) groups excluding carboxylic acids is 2. The van der Waals surface area contributed by atoms with Crippen molar-refractivity contribution < 1.29 is 14.1 Å². The Bertz CT molecular complexity index is 647. The zero-order valence-electron chi connectivity index (χ0n) is 12.0. The Kier molecular flexibility index (Phi) is 3.62. The Morgan fingerprint density at radius 2 is 2.14 bits per heavy atom. The monoisotopic (exact) mass is 365 g/mol. The van der Waals surface area contributed by atoms with Crippen LogP contribution in [-0.2, 0) is 9.59 Å². The van der Waals surface area contributed by atoms with Gasteiger partial charge in [-0.25, -0.2) is 0 Å². The van der Waals surface area contributed by atoms with Crippen molar-refractivity contribution in [1.82, 2.24) is 10.1 Å². The van der Waals surface area contributed by atoms with Crippen molar-refractivity contribution in [1.29, 1.82) is 0 Å². The van der Waals surface area contributed by atoms with Crippen molar-refractivity contribution in [3.63, 3.8) is 0 Å². The van der Waals surface area contributed by atoms with E-state index in [9.17, 15) is 9.59 Å². The van der Waals surface area contributed by atoms with E-state index >= 15 is 0 Å². The number of aryl methyl sites for hydroxylation is 1. The van der Waals surface area contributed by atoms with Crippen molar-refractivity contribution in [2.75, 3.05) is 18.5 Å². The number of aromatic nitrogens is 1. The summed E-state index contributed by atoms with van der Waals surface area (Å²) in [5.41, 5.74) is 0.683. The molecule has 1 aromatic rings. The number of hydrogen-bond acceptors (Lipinski definition) is 4. The normalized spacial score (nSPS) is 29.8. The molecule has 1 aliphatic heterocycles. The van der Waals surface area contributed by atoms with Crippen LogP contribution in [0.1, 0.15) is 18.5 Å². The Morgan fingerprint density at radius 3 is 2.64 bits per heavy atom. The van der Waals surface area contributed by atoms with Gasteiger partial charge in [-0.2, -0.15) is 0 Å². The van der Waals surface area contributed by atoms with E-state index in [0.29, 0.717) is 24.5 Å². The van der Waals surface area contributed by atoms with Gasteiger partial charge in [-0.05, 0) is 13.3 Å². The molecule has 0 spiro atoms. The molecule has 0 aromatic carbocycles. The van der Waals surface area contributed by atoms with Gasteiger partial charge in [0.25, 0.3) is 5.91 Å². The highest BCUT2D eigenvalue weighted by molar-refractivity contribution is 6.62. The van der Waals surface area contributed by atoms with E-state index in [1.165, 1.54) is 16.8 Å². The predicted octanol–water partition coefficient (Wildman–Crippen LogP) is 2.10. The first-order chi connectivity index (χ1) is 10.2. The first-order valence-corrected chi connectivity index (χ1v) is 7.89. The third-order valence-electron chi connectivity index (χ3n) is 4.11. The number of likely N-dealkylation sites (N-methyl/N-ethyl adjacent to an activating group) is 1. The zero-order chi connectivity index (χ0) is 16.3. The lowest BCUT2D eigenvalue weighted by Gasteiger charge is -2.26. The second-order valence-corrected chi connectivity index (χ2v) is 7.83. The Hall–Kier alpha value is -0.980. The lowest BCUT2D eigenvalue weighted by atomic mass is 10.2. The average Bonchev–Trinajstić information content (AvgIpc) is 2.81. The number of alkyl halides is 3. The highest BCUT2D eigenvalue weighted by atomic mass is 35.5. The Labute approximate surface area is 142 Å². The van der Waals surface area contributed by atoms with Crippen molar-refractivity contribution >= 4 is 52.5 Å². The smallest absolute Gasteiger partial charge is 0.252 e. The average molecular weight is 367 g/mol. The van der Waals surface area contributed by atoms with Gasteiger partial charge < -0.3 is 9.42 Å². The van der Waals surface area contributed by atoms with Gasteiger partial charge in [0.2, 0.25) is 11.8 Å². The molecule has 1 saturated carbocycles. The molecule has 2 amide bonds. The summed E-state index contributed by atoms with van der Waals surface area (Å²) in [5, 5.41) is 3.76. The molecule has 0 radical (unpaired) electrons. The van der Waals surface area contributed by atoms with Crippen LogP contribution in [0.25, 0.3) is 0 Å². The highest BCUT2D eigenvalue weighted by Gasteiger charge is 2.72. The number of anilines is 1. The molecule has 1 saturated heterocycles. The van der Waals surface area contributed by atoms with Crippen LogP contribution in [-0.4, -0.2) is 50.7 Å². The minimum Gasteiger partial charge on any atom is -0.338 e. The molecular weight excluding hydrogens is 353 g/mol. The van der Waals surface area contributed by atoms with Crippen LogP contribution < -0.4 is 4.90 Å². The molecule has 9 heteroatoms.